The molecule has 0 unspecified atom stereocenters. The second kappa shape index (κ2) is 6.95. The summed E-state index contributed by atoms with van der Waals surface area (Å²) in [4.78, 5) is 11.9. The molecule has 2 aromatic rings. The topological polar surface area (TPSA) is 90.5 Å². The van der Waals surface area contributed by atoms with E-state index in [0.717, 1.165) is 5.56 Å². The molecule has 0 spiro atoms. The Morgan fingerprint density at radius 1 is 1.14 bits per heavy atom. The Balaban J connectivity index is 2.10. The van der Waals surface area contributed by atoms with E-state index in [2.05, 4.69) is 0 Å². The van der Waals surface area contributed by atoms with Crippen molar-refractivity contribution in [2.75, 3.05) is 0 Å². The predicted octanol–water partition coefficient (Wildman–Crippen LogP) is 2.75. The summed E-state index contributed by atoms with van der Waals surface area (Å²) in [5, 5.41) is 27.7. The van der Waals surface area contributed by atoms with Crippen LogP contribution in [-0.4, -0.2) is 16.2 Å². The molecule has 5 heteroatoms. The van der Waals surface area contributed by atoms with Crippen LogP contribution in [0.25, 0.3) is 6.08 Å². The van der Waals surface area contributed by atoms with Gasteiger partial charge in [0, 0.05) is 0 Å². The molecule has 0 aliphatic heterocycles. The fourth-order valence-corrected chi connectivity index (χ4v) is 1.73. The molecule has 2 N–H and O–H groups in total. The number of nitriles is 1. The highest BCUT2D eigenvalue weighted by molar-refractivity contribution is 5.97. The van der Waals surface area contributed by atoms with Gasteiger partial charge >= 0.3 is 5.97 Å². The van der Waals surface area contributed by atoms with Crippen LogP contribution in [-0.2, 0) is 16.1 Å². The number of carbonyl (C=O) groups excluding carboxylic acids is 1. The monoisotopic (exact) mass is 295 g/mol. The number of aromatic hydroxyl groups is 2. The van der Waals surface area contributed by atoms with Crippen LogP contribution in [0.2, 0.25) is 0 Å². The molecule has 0 heterocycles. The Morgan fingerprint density at radius 3 is 2.50 bits per heavy atom. The van der Waals surface area contributed by atoms with Crippen LogP contribution in [0.15, 0.2) is 54.1 Å². The highest BCUT2D eigenvalue weighted by Gasteiger charge is 2.11. The van der Waals surface area contributed by atoms with Crippen LogP contribution < -0.4 is 0 Å². The third-order valence-corrected chi connectivity index (χ3v) is 2.86. The molecule has 0 radical (unpaired) electrons. The van der Waals surface area contributed by atoms with Gasteiger partial charge in [-0.05, 0) is 29.3 Å². The quantitative estimate of drug-likeness (QED) is 0.392. The van der Waals surface area contributed by atoms with Gasteiger partial charge in [0.1, 0.15) is 18.2 Å². The van der Waals surface area contributed by atoms with E-state index >= 15 is 0 Å². The zero-order valence-electron chi connectivity index (χ0n) is 11.6. The number of nitrogens with zero attached hydrogens (tertiary/aromatic N) is 1. The molecule has 2 aromatic carbocycles. The van der Waals surface area contributed by atoms with Gasteiger partial charge in [-0.3, -0.25) is 0 Å². The second-order valence-electron chi connectivity index (χ2n) is 4.48. The maximum absolute atomic E-state index is 11.9. The van der Waals surface area contributed by atoms with Crippen LogP contribution in [0.5, 0.6) is 11.5 Å². The van der Waals surface area contributed by atoms with Gasteiger partial charge in [0.2, 0.25) is 0 Å². The van der Waals surface area contributed by atoms with E-state index in [1.54, 1.807) is 18.2 Å². The first kappa shape index (κ1) is 15.1. The zero-order valence-corrected chi connectivity index (χ0v) is 11.6. The Morgan fingerprint density at radius 2 is 1.86 bits per heavy atom. The number of carbonyl (C=O) groups is 1. The summed E-state index contributed by atoms with van der Waals surface area (Å²) in [6.45, 7) is 0.0690. The van der Waals surface area contributed by atoms with E-state index < -0.39 is 5.97 Å². The van der Waals surface area contributed by atoms with Gasteiger partial charge in [0.05, 0.1) is 0 Å². The molecule has 0 fully saturated rings. The largest absolute Gasteiger partial charge is 0.504 e. The van der Waals surface area contributed by atoms with Gasteiger partial charge in [-0.2, -0.15) is 5.26 Å². The average Bonchev–Trinajstić information content (AvgIpc) is 2.54. The smallest absolute Gasteiger partial charge is 0.349 e. The minimum Gasteiger partial charge on any atom is -0.504 e. The minimum atomic E-state index is -0.751. The first-order chi connectivity index (χ1) is 10.6. The van der Waals surface area contributed by atoms with Gasteiger partial charge in [-0.25, -0.2) is 4.79 Å². The predicted molar refractivity (Wildman–Crippen MR) is 79.6 cm³/mol. The molecule has 22 heavy (non-hydrogen) atoms. The summed E-state index contributed by atoms with van der Waals surface area (Å²) in [5.74, 6) is -1.36. The Hall–Kier alpha value is -3.26. The Kier molecular flexibility index (Phi) is 4.78. The van der Waals surface area contributed by atoms with Gasteiger partial charge in [-0.15, -0.1) is 0 Å². The molecule has 0 saturated heterocycles. The lowest BCUT2D eigenvalue weighted by molar-refractivity contribution is -0.139. The molecule has 0 aliphatic carbocycles. The Bertz CT molecular complexity index is 745. The summed E-state index contributed by atoms with van der Waals surface area (Å²) in [6, 6.07) is 14.9. The standard InChI is InChI=1S/C17H13NO4/c18-10-14(8-13-6-7-15(19)16(20)9-13)17(21)22-11-12-4-2-1-3-5-12/h1-9,19-20H,11H2/b14-8+. The van der Waals surface area contributed by atoms with Crippen molar-refractivity contribution in [3.8, 4) is 17.6 Å². The molecule has 0 aromatic heterocycles. The maximum Gasteiger partial charge on any atom is 0.349 e. The van der Waals surface area contributed by atoms with Crippen LogP contribution >= 0.6 is 0 Å². The van der Waals surface area contributed by atoms with Gasteiger partial charge < -0.3 is 14.9 Å². The van der Waals surface area contributed by atoms with Crippen molar-refractivity contribution in [2.24, 2.45) is 0 Å². The summed E-state index contributed by atoms with van der Waals surface area (Å²) in [6.07, 6.45) is 1.28. The maximum atomic E-state index is 11.9. The number of hydrogen-bond acceptors (Lipinski definition) is 5. The molecule has 110 valence electrons. The summed E-state index contributed by atoms with van der Waals surface area (Å²) in [5.41, 5.74) is 1.03. The molecular formula is C17H13NO4. The molecule has 5 nitrogen and oxygen atoms in total. The van der Waals surface area contributed by atoms with E-state index in [1.165, 1.54) is 24.3 Å². The van der Waals surface area contributed by atoms with E-state index in [9.17, 15) is 15.0 Å². The average molecular weight is 295 g/mol. The number of phenolic OH excluding ortho intramolecular Hbond substituents is 2. The van der Waals surface area contributed by atoms with E-state index in [1.807, 2.05) is 18.2 Å². The SMILES string of the molecule is N#C/C(=C\c1ccc(O)c(O)c1)C(=O)OCc1ccccc1. The molecule has 0 saturated carbocycles. The molecule has 0 amide bonds. The lowest BCUT2D eigenvalue weighted by Gasteiger charge is -2.04. The molecule has 0 atom stereocenters. The molecule has 2 rings (SSSR count). The zero-order chi connectivity index (χ0) is 15.9. The number of phenols is 2. The van der Waals surface area contributed by atoms with Gasteiger partial charge in [0.15, 0.2) is 11.5 Å². The van der Waals surface area contributed by atoms with Crippen LogP contribution in [0.1, 0.15) is 11.1 Å². The van der Waals surface area contributed by atoms with Crippen molar-refractivity contribution in [3.05, 3.63) is 65.2 Å². The Labute approximate surface area is 127 Å². The normalized spacial score (nSPS) is 10.8. The first-order valence-electron chi connectivity index (χ1n) is 6.45. The van der Waals surface area contributed by atoms with Crippen LogP contribution in [0, 0.1) is 11.3 Å². The van der Waals surface area contributed by atoms with Gasteiger partial charge in [-0.1, -0.05) is 36.4 Å². The highest BCUT2D eigenvalue weighted by Crippen LogP contribution is 2.26. The second-order valence-corrected chi connectivity index (χ2v) is 4.48. The lowest BCUT2D eigenvalue weighted by atomic mass is 10.1. The van der Waals surface area contributed by atoms with Crippen LogP contribution in [0.4, 0.5) is 0 Å². The van der Waals surface area contributed by atoms with E-state index in [0.29, 0.717) is 5.56 Å². The number of ether oxygens (including phenoxy) is 1. The lowest BCUT2D eigenvalue weighted by Crippen LogP contribution is -2.06. The summed E-state index contributed by atoms with van der Waals surface area (Å²) in [7, 11) is 0. The molecular weight excluding hydrogens is 282 g/mol. The van der Waals surface area contributed by atoms with Crippen LogP contribution in [0.3, 0.4) is 0 Å². The fraction of sp³-hybridized carbons (Fsp3) is 0.0588. The third kappa shape index (κ3) is 3.87. The highest BCUT2D eigenvalue weighted by atomic mass is 16.5. The van der Waals surface area contributed by atoms with Crippen molar-refractivity contribution in [2.45, 2.75) is 6.61 Å². The van der Waals surface area contributed by atoms with E-state index in [-0.39, 0.29) is 23.7 Å². The fourth-order valence-electron chi connectivity index (χ4n) is 1.73. The number of esters is 1. The number of hydrogen-bond donors (Lipinski definition) is 2. The number of rotatable bonds is 4. The van der Waals surface area contributed by atoms with Crippen molar-refractivity contribution < 1.29 is 19.7 Å². The minimum absolute atomic E-state index is 0.0690. The van der Waals surface area contributed by atoms with Gasteiger partial charge in [0.25, 0.3) is 0 Å². The van der Waals surface area contributed by atoms with Crippen molar-refractivity contribution >= 4 is 12.0 Å². The van der Waals surface area contributed by atoms with Crippen molar-refractivity contribution in [1.82, 2.24) is 0 Å². The first-order valence-corrected chi connectivity index (χ1v) is 6.45. The summed E-state index contributed by atoms with van der Waals surface area (Å²) < 4.78 is 5.07. The number of benzene rings is 2. The van der Waals surface area contributed by atoms with E-state index in [4.69, 9.17) is 10.00 Å². The third-order valence-electron chi connectivity index (χ3n) is 2.86. The van der Waals surface area contributed by atoms with Crippen molar-refractivity contribution in [1.29, 1.82) is 5.26 Å². The molecule has 0 aliphatic rings. The molecule has 0 bridgehead atoms. The van der Waals surface area contributed by atoms with Crippen molar-refractivity contribution in [3.63, 3.8) is 0 Å². The summed E-state index contributed by atoms with van der Waals surface area (Å²) >= 11 is 0.